The van der Waals surface area contributed by atoms with E-state index in [1.165, 1.54) is 5.56 Å². The lowest BCUT2D eigenvalue weighted by Crippen LogP contribution is -1.97. The first-order valence-corrected chi connectivity index (χ1v) is 8.65. The van der Waals surface area contributed by atoms with Crippen LogP contribution >= 0.6 is 0 Å². The number of rotatable bonds is 6. The van der Waals surface area contributed by atoms with Crippen LogP contribution in [0.3, 0.4) is 0 Å². The zero-order valence-corrected chi connectivity index (χ0v) is 15.6. The predicted molar refractivity (Wildman–Crippen MR) is 115 cm³/mol. The van der Waals surface area contributed by atoms with Gasteiger partial charge in [-0.25, -0.2) is 0 Å². The number of allylic oxidation sites excluding steroid dienone is 3. The Morgan fingerprint density at radius 1 is 1.00 bits per heavy atom. The van der Waals surface area contributed by atoms with Crippen LogP contribution in [0.15, 0.2) is 85.6 Å². The summed E-state index contributed by atoms with van der Waals surface area (Å²) < 4.78 is 0. The average molecular weight is 332 g/mol. The van der Waals surface area contributed by atoms with Gasteiger partial charge in [0.1, 0.15) is 0 Å². The first-order valence-electron chi connectivity index (χ1n) is 8.65. The van der Waals surface area contributed by atoms with Gasteiger partial charge in [0, 0.05) is 11.4 Å². The van der Waals surface area contributed by atoms with Crippen LogP contribution in [0.4, 0.5) is 5.69 Å². The third kappa shape index (κ3) is 7.54. The molecule has 25 heavy (non-hydrogen) atoms. The van der Waals surface area contributed by atoms with Crippen LogP contribution in [0.5, 0.6) is 0 Å². The first-order chi connectivity index (χ1) is 12.1. The number of nitrogens with one attached hydrogen (secondary N) is 1. The lowest BCUT2D eigenvalue weighted by Gasteiger charge is -2.10. The number of hydrogen-bond donors (Lipinski definition) is 1. The Morgan fingerprint density at radius 3 is 2.16 bits per heavy atom. The van der Waals surface area contributed by atoms with Crippen LogP contribution in [0.1, 0.15) is 37.0 Å². The summed E-state index contributed by atoms with van der Waals surface area (Å²) >= 11 is 0. The molecule has 1 heteroatoms. The molecule has 0 aliphatic rings. The maximum Gasteiger partial charge on any atom is 0.0390 e. The van der Waals surface area contributed by atoms with Crippen molar-refractivity contribution >= 4 is 17.8 Å². The molecule has 0 amide bonds. The molecule has 0 aliphatic heterocycles. The summed E-state index contributed by atoms with van der Waals surface area (Å²) in [6.45, 7) is 13.9. The lowest BCUT2D eigenvalue weighted by molar-refractivity contribution is 1.20. The van der Waals surface area contributed by atoms with Gasteiger partial charge in [-0.1, -0.05) is 86.3 Å². The molecule has 0 fully saturated rings. The largest absolute Gasteiger partial charge is 0.356 e. The van der Waals surface area contributed by atoms with E-state index in [2.05, 4.69) is 68.7 Å². The van der Waals surface area contributed by atoms with Crippen LogP contribution < -0.4 is 5.32 Å². The number of anilines is 1. The topological polar surface area (TPSA) is 12.0 Å². The van der Waals surface area contributed by atoms with E-state index in [-0.39, 0.29) is 0 Å². The van der Waals surface area contributed by atoms with Crippen molar-refractivity contribution in [2.45, 2.75) is 27.2 Å². The highest BCUT2D eigenvalue weighted by atomic mass is 14.9. The normalized spacial score (nSPS) is 10.8. The van der Waals surface area contributed by atoms with Gasteiger partial charge < -0.3 is 5.32 Å². The first kappa shape index (κ1) is 20.2. The quantitative estimate of drug-likeness (QED) is 0.550. The summed E-state index contributed by atoms with van der Waals surface area (Å²) in [4.78, 5) is 0. The van der Waals surface area contributed by atoms with Crippen molar-refractivity contribution < 1.29 is 0 Å². The fraction of sp³-hybridized carbons (Fsp3) is 0.167. The average Bonchev–Trinajstić information content (AvgIpc) is 2.63. The van der Waals surface area contributed by atoms with Crippen LogP contribution in [0.25, 0.3) is 12.2 Å². The minimum atomic E-state index is 1.01. The zero-order valence-electron chi connectivity index (χ0n) is 15.6. The van der Waals surface area contributed by atoms with Crippen LogP contribution in [0.2, 0.25) is 0 Å². The van der Waals surface area contributed by atoms with E-state index in [0.29, 0.717) is 0 Å². The Hall–Kier alpha value is -2.80. The minimum Gasteiger partial charge on any atom is -0.356 e. The fourth-order valence-corrected chi connectivity index (χ4v) is 2.28. The van der Waals surface area contributed by atoms with Crippen molar-refractivity contribution in [1.82, 2.24) is 0 Å². The van der Waals surface area contributed by atoms with Gasteiger partial charge in [-0.05, 0) is 49.6 Å². The third-order valence-electron chi connectivity index (χ3n) is 3.53. The molecule has 2 aromatic rings. The highest BCUT2D eigenvalue weighted by Gasteiger charge is 1.99. The van der Waals surface area contributed by atoms with E-state index in [1.807, 2.05) is 49.4 Å². The van der Waals surface area contributed by atoms with Crippen molar-refractivity contribution in [3.05, 3.63) is 102 Å². The van der Waals surface area contributed by atoms with Crippen LogP contribution in [-0.2, 0) is 0 Å². The van der Waals surface area contributed by atoms with Crippen LogP contribution in [0, 0.1) is 6.92 Å². The van der Waals surface area contributed by atoms with Gasteiger partial charge in [0.2, 0.25) is 0 Å². The van der Waals surface area contributed by atoms with E-state index in [9.17, 15) is 0 Å². The van der Waals surface area contributed by atoms with E-state index < -0.39 is 0 Å². The molecule has 2 aromatic carbocycles. The molecule has 0 bridgehead atoms. The standard InChI is InChI=1S/C17H21N.C7H8/c1-5-9-16(10-6-2)18-17-12-11-14(7-3)15(8-4)13-17;1-7-5-3-2-4-6-7/h5,7-13,18H,3-4,6H2,1-2H3;2-6H,1H3/b9-5-,16-10+;. The molecule has 1 N–H and O–H groups in total. The SMILES string of the molecule is C=Cc1ccc(NC(/C=C\C)=C/CC)cc1C=C.Cc1ccccc1. The second-order valence-corrected chi connectivity index (χ2v) is 5.60. The molecular weight excluding hydrogens is 302 g/mol. The number of benzene rings is 2. The second-order valence-electron chi connectivity index (χ2n) is 5.60. The van der Waals surface area contributed by atoms with Crippen molar-refractivity contribution in [3.63, 3.8) is 0 Å². The smallest absolute Gasteiger partial charge is 0.0390 e. The van der Waals surface area contributed by atoms with Crippen molar-refractivity contribution in [2.24, 2.45) is 0 Å². The molecule has 2 rings (SSSR count). The molecule has 0 unspecified atom stereocenters. The fourth-order valence-electron chi connectivity index (χ4n) is 2.28. The Labute approximate surface area is 153 Å². The molecule has 0 saturated heterocycles. The second kappa shape index (κ2) is 11.7. The van der Waals surface area contributed by atoms with Crippen LogP contribution in [-0.4, -0.2) is 0 Å². The Morgan fingerprint density at radius 2 is 1.68 bits per heavy atom. The van der Waals surface area contributed by atoms with Crippen molar-refractivity contribution in [2.75, 3.05) is 5.32 Å². The summed E-state index contributed by atoms with van der Waals surface area (Å²) in [6, 6.07) is 16.4. The summed E-state index contributed by atoms with van der Waals surface area (Å²) in [6.07, 6.45) is 11.0. The van der Waals surface area contributed by atoms with Gasteiger partial charge >= 0.3 is 0 Å². The van der Waals surface area contributed by atoms with E-state index >= 15 is 0 Å². The van der Waals surface area contributed by atoms with Gasteiger partial charge in [-0.3, -0.25) is 0 Å². The van der Waals surface area contributed by atoms with Gasteiger partial charge in [0.05, 0.1) is 0 Å². The molecule has 130 valence electrons. The summed E-state index contributed by atoms with van der Waals surface area (Å²) in [7, 11) is 0. The molecule has 0 saturated carbocycles. The minimum absolute atomic E-state index is 1.01. The molecule has 0 atom stereocenters. The molecule has 0 aromatic heterocycles. The molecule has 1 nitrogen and oxygen atoms in total. The molecule has 0 radical (unpaired) electrons. The predicted octanol–water partition coefficient (Wildman–Crippen LogP) is 7.25. The van der Waals surface area contributed by atoms with Crippen molar-refractivity contribution in [3.8, 4) is 0 Å². The maximum absolute atomic E-state index is 3.83. The van der Waals surface area contributed by atoms with Gasteiger partial charge in [-0.15, -0.1) is 0 Å². The Balaban J connectivity index is 0.000000370. The molecule has 0 heterocycles. The van der Waals surface area contributed by atoms with Gasteiger partial charge in [0.15, 0.2) is 0 Å². The Bertz CT molecular complexity index is 721. The van der Waals surface area contributed by atoms with Crippen molar-refractivity contribution in [1.29, 1.82) is 0 Å². The summed E-state index contributed by atoms with van der Waals surface area (Å²) in [5, 5.41) is 3.40. The number of aryl methyl sites for hydroxylation is 1. The Kier molecular flexibility index (Phi) is 9.47. The van der Waals surface area contributed by atoms with E-state index in [0.717, 1.165) is 28.9 Å². The lowest BCUT2D eigenvalue weighted by atomic mass is 10.1. The zero-order chi connectivity index (χ0) is 18.5. The van der Waals surface area contributed by atoms with E-state index in [1.54, 1.807) is 0 Å². The number of hydrogen-bond acceptors (Lipinski definition) is 1. The molecular formula is C24H29N. The van der Waals surface area contributed by atoms with E-state index in [4.69, 9.17) is 0 Å². The highest BCUT2D eigenvalue weighted by Crippen LogP contribution is 2.19. The molecule has 0 aliphatic carbocycles. The third-order valence-corrected chi connectivity index (χ3v) is 3.53. The van der Waals surface area contributed by atoms with Gasteiger partial charge in [-0.2, -0.15) is 0 Å². The summed E-state index contributed by atoms with van der Waals surface area (Å²) in [5.41, 5.74) is 5.69. The monoisotopic (exact) mass is 331 g/mol. The van der Waals surface area contributed by atoms with Gasteiger partial charge in [0.25, 0.3) is 0 Å². The molecule has 0 spiro atoms. The summed E-state index contributed by atoms with van der Waals surface area (Å²) in [5.74, 6) is 0. The maximum atomic E-state index is 3.83. The highest BCUT2D eigenvalue weighted by molar-refractivity contribution is 5.69.